The van der Waals surface area contributed by atoms with Crippen LogP contribution in [0.5, 0.6) is 0 Å². The summed E-state index contributed by atoms with van der Waals surface area (Å²) in [6.07, 6.45) is 0. The number of hydrogen-bond donors (Lipinski definition) is 0. The van der Waals surface area contributed by atoms with E-state index in [0.717, 1.165) is 0 Å². The first-order chi connectivity index (χ1) is 5.37. The van der Waals surface area contributed by atoms with Crippen LogP contribution in [0.1, 0.15) is 0 Å². The second-order valence-corrected chi connectivity index (χ2v) is 5.86. The first-order valence-corrected chi connectivity index (χ1v) is 6.14. The van der Waals surface area contributed by atoms with Crippen LogP contribution in [0.15, 0.2) is 0 Å². The monoisotopic (exact) mass is 293 g/mol. The van der Waals surface area contributed by atoms with E-state index in [1.807, 2.05) is 0 Å². The minimum absolute atomic E-state index is 0. The molecule has 0 rings (SSSR count). The standard InChI is InChI=1S/K.H3NO9S3/c;2-11(3,4)1(12(5,6)7)13(8,9)10/h;(H,2,3,4)(H,5,6,7)(H,8,9,10)/q+1;/p-3. The second kappa shape index (κ2) is 5.10. The molecule has 0 aliphatic heterocycles. The summed E-state index contributed by atoms with van der Waals surface area (Å²) in [7, 11) is -18.6. The van der Waals surface area contributed by atoms with Gasteiger partial charge in [0, 0.05) is 0 Å². The molecule has 14 heteroatoms. The summed E-state index contributed by atoms with van der Waals surface area (Å²) >= 11 is 0. The summed E-state index contributed by atoms with van der Waals surface area (Å²) in [4.78, 5) is 0. The van der Waals surface area contributed by atoms with Gasteiger partial charge in [-0.05, 0) is 3.12 Å². The molecule has 0 atom stereocenters. The molecule has 0 aromatic heterocycles. The van der Waals surface area contributed by atoms with Crippen LogP contribution >= 0.6 is 0 Å². The van der Waals surface area contributed by atoms with Gasteiger partial charge in [-0.1, -0.05) is 0 Å². The normalized spacial score (nSPS) is 13.7. The van der Waals surface area contributed by atoms with Crippen LogP contribution in [0.2, 0.25) is 0 Å². The van der Waals surface area contributed by atoms with E-state index in [-0.39, 0.29) is 51.4 Å². The van der Waals surface area contributed by atoms with Gasteiger partial charge >= 0.3 is 51.4 Å². The van der Waals surface area contributed by atoms with Gasteiger partial charge in [0.25, 0.3) is 0 Å². The second-order valence-electron chi connectivity index (χ2n) is 1.51. The van der Waals surface area contributed by atoms with Crippen molar-refractivity contribution < 1.29 is 90.3 Å². The van der Waals surface area contributed by atoms with Crippen molar-refractivity contribution in [3.63, 3.8) is 0 Å². The molecule has 0 bridgehead atoms. The van der Waals surface area contributed by atoms with Crippen LogP contribution in [0.25, 0.3) is 0 Å². The summed E-state index contributed by atoms with van der Waals surface area (Å²) in [5.41, 5.74) is 0. The zero-order valence-electron chi connectivity index (χ0n) is 6.35. The van der Waals surface area contributed by atoms with Crippen molar-refractivity contribution >= 4 is 30.9 Å². The number of rotatable bonds is 3. The molecule has 0 aromatic rings. The molecule has 10 nitrogen and oxygen atoms in total. The van der Waals surface area contributed by atoms with Gasteiger partial charge in [-0.25, -0.2) is 25.3 Å². The van der Waals surface area contributed by atoms with E-state index in [1.165, 1.54) is 0 Å². The van der Waals surface area contributed by atoms with Crippen molar-refractivity contribution in [3.05, 3.63) is 0 Å². The van der Waals surface area contributed by atoms with Crippen LogP contribution < -0.4 is 51.4 Å². The molecular weight excluding hydrogens is 293 g/mol. The molecule has 0 heterocycles. The van der Waals surface area contributed by atoms with Gasteiger partial charge in [0.2, 0.25) is 0 Å². The van der Waals surface area contributed by atoms with Gasteiger partial charge in [-0.3, -0.25) is 0 Å². The Morgan fingerprint density at radius 2 is 0.786 bits per heavy atom. The minimum atomic E-state index is -6.20. The van der Waals surface area contributed by atoms with Crippen molar-refractivity contribution in [1.82, 2.24) is 3.12 Å². The van der Waals surface area contributed by atoms with Crippen molar-refractivity contribution in [2.45, 2.75) is 0 Å². The van der Waals surface area contributed by atoms with E-state index >= 15 is 0 Å². The third-order valence-corrected chi connectivity index (χ3v) is 4.93. The van der Waals surface area contributed by atoms with Gasteiger partial charge in [-0.2, -0.15) is 0 Å². The van der Waals surface area contributed by atoms with E-state index in [2.05, 4.69) is 0 Å². The smallest absolute Gasteiger partial charge is 0.734 e. The first kappa shape index (κ1) is 17.7. The Morgan fingerprint density at radius 3 is 0.786 bits per heavy atom. The molecule has 0 aromatic carbocycles. The maximum Gasteiger partial charge on any atom is 1.00 e. The summed E-state index contributed by atoms with van der Waals surface area (Å²) in [6.45, 7) is 0. The first-order valence-electron chi connectivity index (χ1n) is 2.05. The zero-order chi connectivity index (χ0) is 11.1. The fourth-order valence-corrected chi connectivity index (χ4v) is 3.02. The molecule has 0 spiro atoms. The van der Waals surface area contributed by atoms with E-state index in [9.17, 15) is 38.9 Å². The molecule has 0 fully saturated rings. The van der Waals surface area contributed by atoms with Gasteiger partial charge in [0.1, 0.15) is 0 Å². The van der Waals surface area contributed by atoms with Gasteiger partial charge in [-0.15, -0.1) is 0 Å². The fraction of sp³-hybridized carbons (Fsp3) is 0. The van der Waals surface area contributed by atoms with E-state index in [4.69, 9.17) is 0 Å². The molecule has 14 heavy (non-hydrogen) atoms. The number of hydrogen-bond acceptors (Lipinski definition) is 9. The van der Waals surface area contributed by atoms with E-state index in [0.29, 0.717) is 0 Å². The molecule has 0 amide bonds. The summed E-state index contributed by atoms with van der Waals surface area (Å²) in [5, 5.41) is 0. The predicted octanol–water partition coefficient (Wildman–Crippen LogP) is -6.33. The molecule has 0 saturated heterocycles. The Bertz CT molecular complexity index is 402. The predicted molar refractivity (Wildman–Crippen MR) is 30.9 cm³/mol. The van der Waals surface area contributed by atoms with Gasteiger partial charge < -0.3 is 13.7 Å². The topological polar surface area (TPSA) is 175 Å². The Morgan fingerprint density at radius 1 is 0.643 bits per heavy atom. The maximum absolute atomic E-state index is 9.84. The van der Waals surface area contributed by atoms with Crippen LogP contribution in [0.4, 0.5) is 0 Å². The third kappa shape index (κ3) is 5.42. The zero-order valence-corrected chi connectivity index (χ0v) is 11.9. The SMILES string of the molecule is O=S(=O)([O-])N(S(=O)(=O)[O-])S(=O)(=O)[O-].[K+]. The quantitative estimate of drug-likeness (QED) is 0.361. The molecule has 0 unspecified atom stereocenters. The molecule has 0 aliphatic rings. The molecule has 80 valence electrons. The van der Waals surface area contributed by atoms with Gasteiger partial charge in [0.05, 0.1) is 0 Å². The van der Waals surface area contributed by atoms with E-state index in [1.54, 1.807) is 0 Å². The molecule has 0 N–H and O–H groups in total. The van der Waals surface area contributed by atoms with Gasteiger partial charge in [0.15, 0.2) is 30.9 Å². The van der Waals surface area contributed by atoms with Crippen LogP contribution in [-0.4, -0.2) is 42.0 Å². The maximum atomic E-state index is 9.84. The summed E-state index contributed by atoms with van der Waals surface area (Å²) in [5.74, 6) is 0. The Kier molecular flexibility index (Phi) is 6.46. The largest absolute Gasteiger partial charge is 1.00 e. The molecular formula is KNO9S3-2. The Balaban J connectivity index is 0. The number of nitrogens with zero attached hydrogens (tertiary/aromatic N) is 1. The summed E-state index contributed by atoms with van der Waals surface area (Å²) in [6, 6.07) is 0. The Labute approximate surface area is 122 Å². The van der Waals surface area contributed by atoms with Crippen molar-refractivity contribution in [3.8, 4) is 0 Å². The third-order valence-electron chi connectivity index (χ3n) is 0.548. The molecule has 0 radical (unpaired) electrons. The molecule has 0 saturated carbocycles. The van der Waals surface area contributed by atoms with Crippen molar-refractivity contribution in [1.29, 1.82) is 0 Å². The minimum Gasteiger partial charge on any atom is -0.734 e. The van der Waals surface area contributed by atoms with Crippen molar-refractivity contribution in [2.24, 2.45) is 0 Å². The Hall–Kier alpha value is 1.33. The average molecular weight is 293 g/mol. The van der Waals surface area contributed by atoms with Crippen LogP contribution in [-0.2, 0) is 30.9 Å². The average Bonchev–Trinajstić information content (AvgIpc) is 1.44. The van der Waals surface area contributed by atoms with Crippen molar-refractivity contribution in [2.75, 3.05) is 0 Å². The molecule has 0 aliphatic carbocycles. The van der Waals surface area contributed by atoms with Crippen LogP contribution in [0, 0.1) is 0 Å². The van der Waals surface area contributed by atoms with E-state index < -0.39 is 34.0 Å². The fourth-order valence-electron chi connectivity index (χ4n) is 0.335. The summed E-state index contributed by atoms with van der Waals surface area (Å²) < 4.78 is 86.3. The van der Waals surface area contributed by atoms with Crippen LogP contribution in [0.3, 0.4) is 0 Å².